The van der Waals surface area contributed by atoms with Gasteiger partial charge in [-0.2, -0.15) is 0 Å². The minimum Gasteiger partial charge on any atom is -0.477 e. The van der Waals surface area contributed by atoms with E-state index < -0.39 is 11.9 Å². The number of carbonyl (C=O) groups is 1. The Morgan fingerprint density at radius 2 is 2.38 bits per heavy atom. The van der Waals surface area contributed by atoms with Gasteiger partial charge in [-0.1, -0.05) is 6.92 Å². The molecule has 0 radical (unpaired) electrons. The molecule has 0 aromatic rings. The molecule has 0 saturated heterocycles. The molecule has 1 N–H and O–H groups in total. The number of aliphatic carboxylic acids is 1. The van der Waals surface area contributed by atoms with Crippen LogP contribution in [0.5, 0.6) is 0 Å². The molecule has 0 aliphatic rings. The number of hydrogen-bond acceptors (Lipinski definition) is 2. The highest BCUT2D eigenvalue weighted by Crippen LogP contribution is 1.95. The summed E-state index contributed by atoms with van der Waals surface area (Å²) in [6.45, 7) is 1.63. The molecule has 0 spiro atoms. The SMILES string of the molecule is CCC([C+]=O)C(=O)O. The summed E-state index contributed by atoms with van der Waals surface area (Å²) >= 11 is 0. The van der Waals surface area contributed by atoms with Crippen LogP contribution in [0, 0.1) is 5.92 Å². The van der Waals surface area contributed by atoms with Crippen LogP contribution >= 0.6 is 0 Å². The number of rotatable bonds is 3. The quantitative estimate of drug-likeness (QED) is 0.422. The Hall–Kier alpha value is -0.950. The van der Waals surface area contributed by atoms with Crippen LogP contribution in [0.3, 0.4) is 0 Å². The maximum atomic E-state index is 9.90. The highest BCUT2D eigenvalue weighted by molar-refractivity contribution is 5.86. The summed E-state index contributed by atoms with van der Waals surface area (Å²) in [6.07, 6.45) is 1.72. The van der Waals surface area contributed by atoms with Gasteiger partial charge in [0.05, 0.1) is 0 Å². The minimum absolute atomic E-state index is 0.318. The van der Waals surface area contributed by atoms with Crippen molar-refractivity contribution in [1.29, 1.82) is 0 Å². The lowest BCUT2D eigenvalue weighted by molar-refractivity contribution is -0.139. The third kappa shape index (κ3) is 1.67. The molecular formula is C5H7O3+. The average Bonchev–Trinajstić information content (AvgIpc) is 1.69. The molecular weight excluding hydrogens is 108 g/mol. The van der Waals surface area contributed by atoms with Crippen LogP contribution in [-0.4, -0.2) is 17.4 Å². The van der Waals surface area contributed by atoms with Crippen molar-refractivity contribution in [3.8, 4) is 0 Å². The summed E-state index contributed by atoms with van der Waals surface area (Å²) in [7, 11) is 0. The van der Waals surface area contributed by atoms with Crippen molar-refractivity contribution >= 4 is 12.3 Å². The van der Waals surface area contributed by atoms with Crippen molar-refractivity contribution in [2.45, 2.75) is 13.3 Å². The van der Waals surface area contributed by atoms with E-state index in [1.807, 2.05) is 0 Å². The van der Waals surface area contributed by atoms with Crippen LogP contribution in [0.25, 0.3) is 0 Å². The standard InChI is InChI=1S/C5H6O3/c1-2-4(3-6)5(7)8/h4H,2H2,1H3/p+1. The van der Waals surface area contributed by atoms with Crippen molar-refractivity contribution in [1.82, 2.24) is 0 Å². The van der Waals surface area contributed by atoms with Crippen LogP contribution in [-0.2, 0) is 9.59 Å². The summed E-state index contributed by atoms with van der Waals surface area (Å²) in [5, 5.41) is 8.11. The van der Waals surface area contributed by atoms with Crippen molar-refractivity contribution in [3.05, 3.63) is 0 Å². The summed E-state index contributed by atoms with van der Waals surface area (Å²) < 4.78 is 0. The number of carboxylic acids is 1. The smallest absolute Gasteiger partial charge is 0.477 e. The fourth-order valence-electron chi connectivity index (χ4n) is 0.308. The predicted molar refractivity (Wildman–Crippen MR) is 27.1 cm³/mol. The second kappa shape index (κ2) is 3.10. The summed E-state index contributed by atoms with van der Waals surface area (Å²) in [4.78, 5) is 19.6. The van der Waals surface area contributed by atoms with E-state index >= 15 is 0 Å². The number of hydrogen-bond donors (Lipinski definition) is 1. The van der Waals surface area contributed by atoms with E-state index in [9.17, 15) is 9.59 Å². The fraction of sp³-hybridized carbons (Fsp3) is 0.600. The maximum absolute atomic E-state index is 9.90. The van der Waals surface area contributed by atoms with Gasteiger partial charge in [0.15, 0.2) is 0 Å². The largest absolute Gasteiger partial charge is 0.522 e. The molecule has 0 fully saturated rings. The van der Waals surface area contributed by atoms with Crippen LogP contribution in [0.1, 0.15) is 13.3 Å². The molecule has 0 aliphatic heterocycles. The monoisotopic (exact) mass is 115 g/mol. The van der Waals surface area contributed by atoms with Crippen LogP contribution in [0.2, 0.25) is 0 Å². The minimum atomic E-state index is -1.09. The molecule has 0 bridgehead atoms. The molecule has 3 nitrogen and oxygen atoms in total. The van der Waals surface area contributed by atoms with Gasteiger partial charge in [0, 0.05) is 11.2 Å². The number of carboxylic acid groups (broad SMARTS) is 1. The molecule has 0 aliphatic carbocycles. The van der Waals surface area contributed by atoms with E-state index in [-0.39, 0.29) is 0 Å². The maximum Gasteiger partial charge on any atom is 0.522 e. The Labute approximate surface area is 47.3 Å². The zero-order valence-electron chi connectivity index (χ0n) is 4.55. The molecule has 44 valence electrons. The molecule has 0 amide bonds. The van der Waals surface area contributed by atoms with Crippen LogP contribution < -0.4 is 0 Å². The van der Waals surface area contributed by atoms with Gasteiger partial charge in [-0.05, 0) is 0 Å². The van der Waals surface area contributed by atoms with Gasteiger partial charge in [-0.3, -0.25) is 0 Å². The first-order valence-corrected chi connectivity index (χ1v) is 2.32. The third-order valence-corrected chi connectivity index (χ3v) is 0.849. The Morgan fingerprint density at radius 1 is 1.88 bits per heavy atom. The second-order valence-corrected chi connectivity index (χ2v) is 1.42. The first kappa shape index (κ1) is 7.05. The van der Waals surface area contributed by atoms with Gasteiger partial charge in [-0.25, -0.2) is 4.79 Å². The van der Waals surface area contributed by atoms with E-state index in [0.29, 0.717) is 6.42 Å². The second-order valence-electron chi connectivity index (χ2n) is 1.42. The molecule has 8 heavy (non-hydrogen) atoms. The fourth-order valence-corrected chi connectivity index (χ4v) is 0.308. The number of carbonyl (C=O) groups excluding carboxylic acids is 1. The molecule has 0 saturated carbocycles. The van der Waals surface area contributed by atoms with Crippen molar-refractivity contribution in [2.75, 3.05) is 0 Å². The lowest BCUT2D eigenvalue weighted by Gasteiger charge is -1.83. The zero-order chi connectivity index (χ0) is 6.57. The Kier molecular flexibility index (Phi) is 2.74. The molecule has 0 aromatic carbocycles. The highest BCUT2D eigenvalue weighted by Gasteiger charge is 2.27. The lowest BCUT2D eigenvalue weighted by atomic mass is 10.1. The molecule has 1 atom stereocenters. The van der Waals surface area contributed by atoms with Gasteiger partial charge in [0.1, 0.15) is 0 Å². The van der Waals surface area contributed by atoms with E-state index in [1.54, 1.807) is 6.92 Å². The first-order valence-electron chi connectivity index (χ1n) is 2.32. The van der Waals surface area contributed by atoms with E-state index in [4.69, 9.17) is 5.11 Å². The summed E-state index contributed by atoms with van der Waals surface area (Å²) in [5.41, 5.74) is 0. The first-order chi connectivity index (χ1) is 3.72. The van der Waals surface area contributed by atoms with Gasteiger partial charge >= 0.3 is 18.2 Å². The molecule has 0 heterocycles. The molecule has 0 aromatic heterocycles. The van der Waals surface area contributed by atoms with Gasteiger partial charge < -0.3 is 5.11 Å². The molecule has 0 rings (SSSR count). The van der Waals surface area contributed by atoms with Gasteiger partial charge in [-0.15, -0.1) is 0 Å². The predicted octanol–water partition coefficient (Wildman–Crippen LogP) is 0.207. The summed E-state index contributed by atoms with van der Waals surface area (Å²) in [6, 6.07) is 0. The third-order valence-electron chi connectivity index (χ3n) is 0.849. The lowest BCUT2D eigenvalue weighted by Crippen LogP contribution is -2.12. The normalized spacial score (nSPS) is 12.1. The zero-order valence-corrected chi connectivity index (χ0v) is 4.55. The average molecular weight is 115 g/mol. The van der Waals surface area contributed by atoms with Crippen LogP contribution in [0.15, 0.2) is 0 Å². The van der Waals surface area contributed by atoms with Gasteiger partial charge in [0.25, 0.3) is 0 Å². The molecule has 3 heteroatoms. The van der Waals surface area contributed by atoms with E-state index in [0.717, 1.165) is 0 Å². The van der Waals surface area contributed by atoms with Crippen molar-refractivity contribution < 1.29 is 14.7 Å². The molecule has 1 unspecified atom stereocenters. The Bertz CT molecular complexity index is 97.8. The van der Waals surface area contributed by atoms with E-state index in [1.165, 1.54) is 6.29 Å². The van der Waals surface area contributed by atoms with Crippen molar-refractivity contribution in [3.63, 3.8) is 0 Å². The van der Waals surface area contributed by atoms with Crippen LogP contribution in [0.4, 0.5) is 0 Å². The highest BCUT2D eigenvalue weighted by atomic mass is 16.4. The Balaban J connectivity index is 3.69. The Morgan fingerprint density at radius 3 is 2.38 bits per heavy atom. The van der Waals surface area contributed by atoms with Gasteiger partial charge in [0.2, 0.25) is 0 Å². The van der Waals surface area contributed by atoms with E-state index in [2.05, 4.69) is 0 Å². The summed E-state index contributed by atoms with van der Waals surface area (Å²) in [5.74, 6) is -2.03. The van der Waals surface area contributed by atoms with Crippen molar-refractivity contribution in [2.24, 2.45) is 5.92 Å². The topological polar surface area (TPSA) is 54.4 Å².